The van der Waals surface area contributed by atoms with Crippen molar-refractivity contribution in [1.82, 2.24) is 4.31 Å². The van der Waals surface area contributed by atoms with Gasteiger partial charge in [0.25, 0.3) is 0 Å². The van der Waals surface area contributed by atoms with Gasteiger partial charge in [-0.05, 0) is 43.3 Å². The van der Waals surface area contributed by atoms with E-state index in [1.165, 1.54) is 25.2 Å². The van der Waals surface area contributed by atoms with Crippen molar-refractivity contribution >= 4 is 44.8 Å². The van der Waals surface area contributed by atoms with Gasteiger partial charge in [0, 0.05) is 22.8 Å². The van der Waals surface area contributed by atoms with E-state index in [4.69, 9.17) is 27.9 Å². The Balaban J connectivity index is 2.18. The standard InChI is InChI=1S/C17H18Cl2N2O4S/c1-3-25-15-8-7-13(19)10-16(15)26(23,24)21(2)11-17(22)20-14-6-4-5-12(18)9-14/h4-10H,3,11H2,1-2H3,(H,20,22). The molecule has 0 heterocycles. The number of anilines is 1. The Kier molecular flexibility index (Phi) is 6.88. The van der Waals surface area contributed by atoms with Crippen LogP contribution in [0.1, 0.15) is 6.92 Å². The number of ether oxygens (including phenoxy) is 1. The molecule has 1 N–H and O–H groups in total. The van der Waals surface area contributed by atoms with E-state index in [1.54, 1.807) is 31.2 Å². The van der Waals surface area contributed by atoms with Crippen LogP contribution in [0.2, 0.25) is 10.0 Å². The van der Waals surface area contributed by atoms with Gasteiger partial charge >= 0.3 is 0 Å². The summed E-state index contributed by atoms with van der Waals surface area (Å²) in [6.45, 7) is 1.66. The van der Waals surface area contributed by atoms with Crippen molar-refractivity contribution in [2.45, 2.75) is 11.8 Å². The van der Waals surface area contributed by atoms with Gasteiger partial charge in [-0.1, -0.05) is 29.3 Å². The average Bonchev–Trinajstić information content (AvgIpc) is 2.56. The van der Waals surface area contributed by atoms with Gasteiger partial charge in [-0.15, -0.1) is 0 Å². The topological polar surface area (TPSA) is 75.7 Å². The minimum absolute atomic E-state index is 0.0927. The molecule has 9 heteroatoms. The van der Waals surface area contributed by atoms with Gasteiger partial charge in [-0.3, -0.25) is 4.79 Å². The van der Waals surface area contributed by atoms with Crippen LogP contribution in [0.3, 0.4) is 0 Å². The van der Waals surface area contributed by atoms with Crippen molar-refractivity contribution < 1.29 is 17.9 Å². The van der Waals surface area contributed by atoms with Crippen molar-refractivity contribution in [3.8, 4) is 5.75 Å². The number of nitrogens with one attached hydrogen (secondary N) is 1. The Hall–Kier alpha value is -1.80. The van der Waals surface area contributed by atoms with Gasteiger partial charge in [0.05, 0.1) is 13.2 Å². The number of amides is 1. The number of carbonyl (C=O) groups excluding carboxylic acids is 1. The lowest BCUT2D eigenvalue weighted by Gasteiger charge is -2.19. The van der Waals surface area contributed by atoms with Gasteiger partial charge in [0.1, 0.15) is 10.6 Å². The summed E-state index contributed by atoms with van der Waals surface area (Å²) in [7, 11) is -2.66. The number of sulfonamides is 1. The lowest BCUT2D eigenvalue weighted by atomic mass is 10.3. The fraction of sp³-hybridized carbons (Fsp3) is 0.235. The number of benzene rings is 2. The highest BCUT2D eigenvalue weighted by Crippen LogP contribution is 2.29. The number of halogens is 2. The summed E-state index contributed by atoms with van der Waals surface area (Å²) in [5.41, 5.74) is 0.478. The maximum atomic E-state index is 12.8. The van der Waals surface area contributed by atoms with Crippen LogP contribution in [0.5, 0.6) is 5.75 Å². The highest BCUT2D eigenvalue weighted by Gasteiger charge is 2.27. The fourth-order valence-electron chi connectivity index (χ4n) is 2.18. The van der Waals surface area contributed by atoms with E-state index in [-0.39, 0.29) is 22.2 Å². The molecule has 0 fully saturated rings. The molecule has 0 unspecified atom stereocenters. The van der Waals surface area contributed by atoms with E-state index < -0.39 is 15.9 Å². The van der Waals surface area contributed by atoms with E-state index in [9.17, 15) is 13.2 Å². The van der Waals surface area contributed by atoms with Crippen LogP contribution in [0.15, 0.2) is 47.4 Å². The lowest BCUT2D eigenvalue weighted by Crippen LogP contribution is -2.35. The molecule has 0 saturated heterocycles. The molecule has 0 saturated carbocycles. The first-order valence-electron chi connectivity index (χ1n) is 7.68. The van der Waals surface area contributed by atoms with Gasteiger partial charge < -0.3 is 10.1 Å². The Labute approximate surface area is 162 Å². The van der Waals surface area contributed by atoms with Crippen LogP contribution in [0.4, 0.5) is 5.69 Å². The Morgan fingerprint density at radius 3 is 2.50 bits per heavy atom. The molecule has 2 aromatic rings. The molecule has 0 bridgehead atoms. The maximum absolute atomic E-state index is 12.8. The van der Waals surface area contributed by atoms with E-state index >= 15 is 0 Å². The number of hydrogen-bond donors (Lipinski definition) is 1. The first-order valence-corrected chi connectivity index (χ1v) is 9.87. The second-order valence-corrected chi connectivity index (χ2v) is 8.23. The zero-order valence-electron chi connectivity index (χ0n) is 14.2. The molecule has 140 valence electrons. The van der Waals surface area contributed by atoms with Crippen molar-refractivity contribution in [3.05, 3.63) is 52.5 Å². The molecule has 0 radical (unpaired) electrons. The minimum atomic E-state index is -3.97. The van der Waals surface area contributed by atoms with E-state index in [0.29, 0.717) is 17.3 Å². The number of hydrogen-bond acceptors (Lipinski definition) is 4. The average molecular weight is 417 g/mol. The summed E-state index contributed by atoms with van der Waals surface area (Å²) in [5, 5.41) is 3.32. The molecule has 0 aliphatic heterocycles. The van der Waals surface area contributed by atoms with Crippen LogP contribution in [0.25, 0.3) is 0 Å². The van der Waals surface area contributed by atoms with Crippen molar-refractivity contribution in [1.29, 1.82) is 0 Å². The summed E-state index contributed by atoms with van der Waals surface area (Å²) >= 11 is 11.8. The summed E-state index contributed by atoms with van der Waals surface area (Å²) in [4.78, 5) is 12.1. The second-order valence-electron chi connectivity index (χ2n) is 5.34. The van der Waals surface area contributed by atoms with Crippen LogP contribution in [0, 0.1) is 0 Å². The number of nitrogens with zero attached hydrogens (tertiary/aromatic N) is 1. The second kappa shape index (κ2) is 8.73. The highest BCUT2D eigenvalue weighted by molar-refractivity contribution is 7.89. The largest absolute Gasteiger partial charge is 0.492 e. The zero-order valence-corrected chi connectivity index (χ0v) is 16.5. The van der Waals surface area contributed by atoms with Crippen molar-refractivity contribution in [2.75, 3.05) is 25.5 Å². The highest BCUT2D eigenvalue weighted by atomic mass is 35.5. The predicted molar refractivity (Wildman–Crippen MR) is 103 cm³/mol. The molecule has 2 aromatic carbocycles. The Morgan fingerprint density at radius 1 is 1.15 bits per heavy atom. The molecular formula is C17H18Cl2N2O4S. The van der Waals surface area contributed by atoms with E-state index in [0.717, 1.165) is 4.31 Å². The number of carbonyl (C=O) groups is 1. The molecule has 26 heavy (non-hydrogen) atoms. The molecule has 1 amide bonds. The Morgan fingerprint density at radius 2 is 1.85 bits per heavy atom. The smallest absolute Gasteiger partial charge is 0.247 e. The fourth-order valence-corrected chi connectivity index (χ4v) is 3.89. The number of likely N-dealkylation sites (N-methyl/N-ethyl adjacent to an activating group) is 1. The number of rotatable bonds is 7. The van der Waals surface area contributed by atoms with Crippen molar-refractivity contribution in [2.24, 2.45) is 0 Å². The van der Waals surface area contributed by atoms with Crippen LogP contribution >= 0.6 is 23.2 Å². The summed E-state index contributed by atoms with van der Waals surface area (Å²) in [6.07, 6.45) is 0. The molecular weight excluding hydrogens is 399 g/mol. The lowest BCUT2D eigenvalue weighted by molar-refractivity contribution is -0.116. The third kappa shape index (κ3) is 5.11. The molecule has 0 aliphatic rings. The molecule has 0 aromatic heterocycles. The Bertz CT molecular complexity index is 903. The predicted octanol–water partition coefficient (Wildman–Crippen LogP) is 3.65. The summed E-state index contributed by atoms with van der Waals surface area (Å²) in [6, 6.07) is 10.9. The molecule has 0 atom stereocenters. The zero-order chi connectivity index (χ0) is 19.3. The first-order chi connectivity index (χ1) is 12.2. The molecule has 6 nitrogen and oxygen atoms in total. The third-order valence-corrected chi connectivity index (χ3v) is 5.66. The van der Waals surface area contributed by atoms with Crippen LogP contribution < -0.4 is 10.1 Å². The van der Waals surface area contributed by atoms with E-state index in [2.05, 4.69) is 5.32 Å². The maximum Gasteiger partial charge on any atom is 0.247 e. The quantitative estimate of drug-likeness (QED) is 0.746. The third-order valence-electron chi connectivity index (χ3n) is 3.37. The van der Waals surface area contributed by atoms with Crippen LogP contribution in [-0.4, -0.2) is 38.8 Å². The summed E-state index contributed by atoms with van der Waals surface area (Å²) in [5.74, 6) is -0.322. The van der Waals surface area contributed by atoms with Gasteiger partial charge in [-0.2, -0.15) is 4.31 Å². The summed E-state index contributed by atoms with van der Waals surface area (Å²) < 4.78 is 31.9. The normalized spacial score (nSPS) is 11.4. The van der Waals surface area contributed by atoms with E-state index in [1.807, 2.05) is 0 Å². The first kappa shape index (κ1) is 20.5. The SMILES string of the molecule is CCOc1ccc(Cl)cc1S(=O)(=O)N(C)CC(=O)Nc1cccc(Cl)c1. The van der Waals surface area contributed by atoms with Crippen molar-refractivity contribution in [3.63, 3.8) is 0 Å². The molecule has 2 rings (SSSR count). The van der Waals surface area contributed by atoms with Gasteiger partial charge in [-0.25, -0.2) is 8.42 Å². The molecule has 0 aliphatic carbocycles. The van der Waals surface area contributed by atoms with Gasteiger partial charge in [0.2, 0.25) is 15.9 Å². The monoisotopic (exact) mass is 416 g/mol. The van der Waals surface area contributed by atoms with Crippen LogP contribution in [-0.2, 0) is 14.8 Å². The van der Waals surface area contributed by atoms with Gasteiger partial charge in [0.15, 0.2) is 0 Å². The minimum Gasteiger partial charge on any atom is -0.492 e. The molecule has 0 spiro atoms.